The number of carbonyl (C=O) groups is 1. The average Bonchev–Trinajstić information content (AvgIpc) is 3.27. The van der Waals surface area contributed by atoms with Gasteiger partial charge in [0.1, 0.15) is 5.76 Å². The second-order valence-corrected chi connectivity index (χ2v) is 5.04. The third kappa shape index (κ3) is 4.16. The van der Waals surface area contributed by atoms with Crippen molar-refractivity contribution >= 4 is 17.8 Å². The van der Waals surface area contributed by atoms with E-state index in [1.807, 2.05) is 0 Å². The summed E-state index contributed by atoms with van der Waals surface area (Å²) < 4.78 is 6.61. The van der Waals surface area contributed by atoms with Gasteiger partial charge in [-0.15, -0.1) is 0 Å². The van der Waals surface area contributed by atoms with E-state index in [9.17, 15) is 14.9 Å². The van der Waals surface area contributed by atoms with Crippen LogP contribution in [-0.2, 0) is 6.54 Å². The normalized spacial score (nSPS) is 10.9. The molecule has 126 valence electrons. The van der Waals surface area contributed by atoms with Gasteiger partial charge in [-0.1, -0.05) is 12.1 Å². The van der Waals surface area contributed by atoms with E-state index >= 15 is 0 Å². The molecular weight excluding hydrogens is 326 g/mol. The molecule has 3 rings (SSSR count). The van der Waals surface area contributed by atoms with E-state index < -0.39 is 10.8 Å². The number of nitro benzene ring substituents is 1. The molecule has 0 atom stereocenters. The number of carbonyl (C=O) groups excluding carboxylic acids is 1. The molecule has 0 spiro atoms. The SMILES string of the molecule is O=C(N/N=C\c1ccco1)c1ccn(Cc2ccc([N+](=O)[O-])cc2)n1. The summed E-state index contributed by atoms with van der Waals surface area (Å²) in [5.41, 5.74) is 3.42. The van der Waals surface area contributed by atoms with Crippen LogP contribution in [0.25, 0.3) is 0 Å². The number of rotatable bonds is 6. The first-order valence-electron chi connectivity index (χ1n) is 7.25. The van der Waals surface area contributed by atoms with E-state index in [2.05, 4.69) is 15.6 Å². The Hall–Kier alpha value is -3.75. The highest BCUT2D eigenvalue weighted by molar-refractivity contribution is 5.92. The Labute approximate surface area is 141 Å². The Morgan fingerprint density at radius 3 is 2.80 bits per heavy atom. The van der Waals surface area contributed by atoms with Crippen molar-refractivity contribution in [3.8, 4) is 0 Å². The molecule has 0 aliphatic carbocycles. The summed E-state index contributed by atoms with van der Waals surface area (Å²) in [5.74, 6) is 0.0641. The Balaban J connectivity index is 1.59. The average molecular weight is 339 g/mol. The zero-order chi connectivity index (χ0) is 17.6. The predicted molar refractivity (Wildman–Crippen MR) is 88.2 cm³/mol. The van der Waals surface area contributed by atoms with E-state index in [-0.39, 0.29) is 11.4 Å². The number of non-ortho nitro benzene ring substituents is 1. The van der Waals surface area contributed by atoms with Gasteiger partial charge in [0.05, 0.1) is 23.9 Å². The Kier molecular flexibility index (Phi) is 4.65. The Morgan fingerprint density at radius 1 is 1.32 bits per heavy atom. The fraction of sp³-hybridized carbons (Fsp3) is 0.0625. The summed E-state index contributed by atoms with van der Waals surface area (Å²) in [4.78, 5) is 22.1. The Bertz CT molecular complexity index is 897. The number of nitrogens with zero attached hydrogens (tertiary/aromatic N) is 4. The maximum absolute atomic E-state index is 12.0. The summed E-state index contributed by atoms with van der Waals surface area (Å²) in [6.07, 6.45) is 4.53. The maximum atomic E-state index is 12.0. The van der Waals surface area contributed by atoms with Crippen molar-refractivity contribution in [1.82, 2.24) is 15.2 Å². The van der Waals surface area contributed by atoms with Crippen LogP contribution in [0.5, 0.6) is 0 Å². The van der Waals surface area contributed by atoms with Crippen molar-refractivity contribution in [2.45, 2.75) is 6.54 Å². The van der Waals surface area contributed by atoms with Crippen molar-refractivity contribution in [3.63, 3.8) is 0 Å². The number of nitrogens with one attached hydrogen (secondary N) is 1. The van der Waals surface area contributed by atoms with Gasteiger partial charge in [0.2, 0.25) is 0 Å². The predicted octanol–water partition coefficient (Wildman–Crippen LogP) is 2.20. The van der Waals surface area contributed by atoms with Gasteiger partial charge < -0.3 is 4.42 Å². The van der Waals surface area contributed by atoms with E-state index in [0.717, 1.165) is 5.56 Å². The molecule has 0 aliphatic heterocycles. The molecule has 0 unspecified atom stereocenters. The summed E-state index contributed by atoms with van der Waals surface area (Å²) in [5, 5.41) is 18.6. The van der Waals surface area contributed by atoms with Crippen molar-refractivity contribution < 1.29 is 14.1 Å². The molecule has 0 bridgehead atoms. The molecule has 0 radical (unpaired) electrons. The zero-order valence-electron chi connectivity index (χ0n) is 12.9. The molecule has 1 aromatic carbocycles. The van der Waals surface area contributed by atoms with Crippen LogP contribution in [0, 0.1) is 10.1 Å². The first kappa shape index (κ1) is 16.1. The van der Waals surface area contributed by atoms with Crippen molar-refractivity contribution in [2.75, 3.05) is 0 Å². The van der Waals surface area contributed by atoms with Crippen molar-refractivity contribution in [2.24, 2.45) is 5.10 Å². The van der Waals surface area contributed by atoms with Gasteiger partial charge in [0.25, 0.3) is 11.6 Å². The van der Waals surface area contributed by atoms with E-state index in [4.69, 9.17) is 4.42 Å². The van der Waals surface area contributed by atoms with Crippen LogP contribution in [-0.4, -0.2) is 26.8 Å². The van der Waals surface area contributed by atoms with Crippen LogP contribution >= 0.6 is 0 Å². The minimum atomic E-state index is -0.455. The number of benzene rings is 1. The molecule has 9 nitrogen and oxygen atoms in total. The van der Waals surface area contributed by atoms with Crippen LogP contribution in [0.15, 0.2) is 64.4 Å². The number of hydrazone groups is 1. The molecule has 0 saturated heterocycles. The molecule has 2 heterocycles. The number of amides is 1. The lowest BCUT2D eigenvalue weighted by Crippen LogP contribution is -2.18. The van der Waals surface area contributed by atoms with Gasteiger partial charge in [-0.2, -0.15) is 10.2 Å². The van der Waals surface area contributed by atoms with Gasteiger partial charge >= 0.3 is 0 Å². The molecule has 1 amide bonds. The quantitative estimate of drug-likeness (QED) is 0.420. The number of aromatic nitrogens is 2. The second kappa shape index (κ2) is 7.21. The number of furan rings is 1. The van der Waals surface area contributed by atoms with Crippen molar-refractivity contribution in [3.05, 3.63) is 82.1 Å². The van der Waals surface area contributed by atoms with Crippen LogP contribution in [0.2, 0.25) is 0 Å². The highest BCUT2D eigenvalue weighted by atomic mass is 16.6. The number of nitro groups is 1. The lowest BCUT2D eigenvalue weighted by atomic mass is 10.2. The maximum Gasteiger partial charge on any atom is 0.291 e. The third-order valence-corrected chi connectivity index (χ3v) is 3.27. The summed E-state index contributed by atoms with van der Waals surface area (Å²) in [6, 6.07) is 11.1. The van der Waals surface area contributed by atoms with Gasteiger partial charge in [0, 0.05) is 18.3 Å². The van der Waals surface area contributed by atoms with Gasteiger partial charge in [-0.25, -0.2) is 5.43 Å². The topological polar surface area (TPSA) is 116 Å². The summed E-state index contributed by atoms with van der Waals surface area (Å²) in [6.45, 7) is 0.390. The minimum Gasteiger partial charge on any atom is -0.463 e. The highest BCUT2D eigenvalue weighted by Crippen LogP contribution is 2.12. The number of hydrogen-bond donors (Lipinski definition) is 1. The van der Waals surface area contributed by atoms with Crippen LogP contribution < -0.4 is 5.43 Å². The summed E-state index contributed by atoms with van der Waals surface area (Å²) >= 11 is 0. The van der Waals surface area contributed by atoms with Gasteiger partial charge in [-0.05, 0) is 23.8 Å². The number of hydrogen-bond acceptors (Lipinski definition) is 6. The lowest BCUT2D eigenvalue weighted by molar-refractivity contribution is -0.384. The molecule has 25 heavy (non-hydrogen) atoms. The van der Waals surface area contributed by atoms with Crippen LogP contribution in [0.3, 0.4) is 0 Å². The first-order chi connectivity index (χ1) is 12.1. The summed E-state index contributed by atoms with van der Waals surface area (Å²) in [7, 11) is 0. The molecule has 1 N–H and O–H groups in total. The fourth-order valence-corrected chi connectivity index (χ4v) is 2.06. The van der Waals surface area contributed by atoms with E-state index in [1.165, 1.54) is 24.6 Å². The fourth-order valence-electron chi connectivity index (χ4n) is 2.06. The molecule has 0 fully saturated rings. The molecule has 0 saturated carbocycles. The molecule has 0 aliphatic rings. The van der Waals surface area contributed by atoms with Gasteiger partial charge in [-0.3, -0.25) is 19.6 Å². The first-order valence-corrected chi connectivity index (χ1v) is 7.25. The standard InChI is InChI=1S/C16H13N5O4/c22-16(18-17-10-14-2-1-9-25-14)15-7-8-20(19-15)11-12-3-5-13(6-4-12)21(23)24/h1-10H,11H2,(H,18,22)/b17-10-. The molecular formula is C16H13N5O4. The zero-order valence-corrected chi connectivity index (χ0v) is 12.9. The lowest BCUT2D eigenvalue weighted by Gasteiger charge is -2.01. The minimum absolute atomic E-state index is 0.0266. The molecule has 2 aromatic heterocycles. The monoisotopic (exact) mass is 339 g/mol. The highest BCUT2D eigenvalue weighted by Gasteiger charge is 2.09. The third-order valence-electron chi connectivity index (χ3n) is 3.27. The Morgan fingerprint density at radius 2 is 2.12 bits per heavy atom. The second-order valence-electron chi connectivity index (χ2n) is 5.04. The van der Waals surface area contributed by atoms with Crippen LogP contribution in [0.1, 0.15) is 21.8 Å². The van der Waals surface area contributed by atoms with Gasteiger partial charge in [0.15, 0.2) is 5.69 Å². The largest absolute Gasteiger partial charge is 0.463 e. The smallest absolute Gasteiger partial charge is 0.291 e. The molecule has 3 aromatic rings. The van der Waals surface area contributed by atoms with E-state index in [0.29, 0.717) is 12.3 Å². The van der Waals surface area contributed by atoms with E-state index in [1.54, 1.807) is 41.2 Å². The van der Waals surface area contributed by atoms with Crippen LogP contribution in [0.4, 0.5) is 5.69 Å². The molecule has 9 heteroatoms. The van der Waals surface area contributed by atoms with Crippen molar-refractivity contribution in [1.29, 1.82) is 0 Å².